The van der Waals surface area contributed by atoms with Crippen LogP contribution in [0.2, 0.25) is 0 Å². The molecule has 1 saturated heterocycles. The lowest BCUT2D eigenvalue weighted by atomic mass is 10.5. The Kier molecular flexibility index (Phi) is 3.11. The first-order valence-corrected chi connectivity index (χ1v) is 3.94. The van der Waals surface area contributed by atoms with Crippen LogP contribution in [0.4, 0.5) is 0 Å². The van der Waals surface area contributed by atoms with Gasteiger partial charge in [0.25, 0.3) is 5.90 Å². The highest BCUT2D eigenvalue weighted by molar-refractivity contribution is 6.01. The molecule has 0 amide bonds. The highest BCUT2D eigenvalue weighted by Crippen LogP contribution is 2.11. The topological polar surface area (TPSA) is 81.4 Å². The minimum absolute atomic E-state index is 0.153. The molecule has 3 N–H and O–H groups in total. The van der Waals surface area contributed by atoms with E-state index in [2.05, 4.69) is 10.1 Å². The van der Waals surface area contributed by atoms with E-state index in [0.29, 0.717) is 0 Å². The molecule has 0 bridgehead atoms. The van der Waals surface area contributed by atoms with Gasteiger partial charge >= 0.3 is 6.08 Å². The van der Waals surface area contributed by atoms with Crippen molar-refractivity contribution in [3.8, 4) is 0 Å². The molecule has 0 aromatic rings. The van der Waals surface area contributed by atoms with E-state index in [1.54, 1.807) is 37.6 Å². The Morgan fingerprint density at radius 1 is 1.36 bits per heavy atom. The fraction of sp³-hybridized carbons (Fsp3) is 0.250. The van der Waals surface area contributed by atoms with E-state index in [4.69, 9.17) is 15.6 Å². The quantitative estimate of drug-likeness (QED) is 0.610. The van der Waals surface area contributed by atoms with E-state index in [0.717, 1.165) is 0 Å². The maximum absolute atomic E-state index is 7.28. The van der Waals surface area contributed by atoms with E-state index >= 15 is 0 Å². The lowest BCUT2D eigenvalue weighted by Gasteiger charge is -2.06. The lowest BCUT2D eigenvalue weighted by Crippen LogP contribution is -2.07. The molecular weight excluding hydrogens is 184 g/mol. The summed E-state index contributed by atoms with van der Waals surface area (Å²) < 4.78 is 9.41. The van der Waals surface area contributed by atoms with Crippen LogP contribution in [0.3, 0.4) is 0 Å². The summed E-state index contributed by atoms with van der Waals surface area (Å²) in [6, 6.07) is 0. The maximum atomic E-state index is 7.28. The van der Waals surface area contributed by atoms with Crippen LogP contribution in [0, 0.1) is 10.8 Å². The molecule has 76 valence electrons. The first kappa shape index (κ1) is 10.1. The van der Waals surface area contributed by atoms with Crippen LogP contribution in [0.15, 0.2) is 24.4 Å². The number of hydrogen-bond donors (Lipinski definition) is 3. The van der Waals surface area contributed by atoms with Gasteiger partial charge in [0.1, 0.15) is 0 Å². The zero-order valence-corrected chi connectivity index (χ0v) is 8.00. The van der Waals surface area contributed by atoms with Gasteiger partial charge in [-0.05, 0) is 0 Å². The van der Waals surface area contributed by atoms with Crippen molar-refractivity contribution < 1.29 is 9.47 Å². The molecule has 6 nitrogen and oxygen atoms in total. The van der Waals surface area contributed by atoms with Crippen molar-refractivity contribution in [3.05, 3.63) is 24.4 Å². The van der Waals surface area contributed by atoms with Crippen LogP contribution in [-0.4, -0.2) is 31.0 Å². The molecule has 0 aromatic heterocycles. The van der Waals surface area contributed by atoms with Crippen molar-refractivity contribution in [2.45, 2.75) is 0 Å². The SMILES string of the molecule is CNC=CN(C)C=C1OC(=N)OC1=N. The van der Waals surface area contributed by atoms with E-state index in [9.17, 15) is 0 Å². The van der Waals surface area contributed by atoms with Gasteiger partial charge in [0.05, 0.1) is 6.20 Å². The Balaban J connectivity index is 2.64. The standard InChI is InChI=1S/C8H12N4O2/c1-11-3-4-12(2)5-6-7(9)14-8(10)13-6/h3-5,9-11H,1-2H3. The summed E-state index contributed by atoms with van der Waals surface area (Å²) in [4.78, 5) is 1.68. The average Bonchev–Trinajstić information content (AvgIpc) is 2.42. The molecule has 1 heterocycles. The minimum Gasteiger partial charge on any atom is -0.404 e. The maximum Gasteiger partial charge on any atom is 0.393 e. The summed E-state index contributed by atoms with van der Waals surface area (Å²) in [6.45, 7) is 0. The van der Waals surface area contributed by atoms with E-state index < -0.39 is 0 Å². The monoisotopic (exact) mass is 196 g/mol. The van der Waals surface area contributed by atoms with E-state index in [1.807, 2.05) is 0 Å². The van der Waals surface area contributed by atoms with Crippen molar-refractivity contribution in [2.75, 3.05) is 14.1 Å². The Morgan fingerprint density at radius 3 is 2.57 bits per heavy atom. The molecule has 0 unspecified atom stereocenters. The first-order chi connectivity index (χ1) is 6.63. The third kappa shape index (κ3) is 2.51. The molecule has 14 heavy (non-hydrogen) atoms. The highest BCUT2D eigenvalue weighted by atomic mass is 16.7. The van der Waals surface area contributed by atoms with Gasteiger partial charge in [0.15, 0.2) is 0 Å². The summed E-state index contributed by atoms with van der Waals surface area (Å²) in [5.74, 6) is 0.0676. The highest BCUT2D eigenvalue weighted by Gasteiger charge is 2.23. The third-order valence-corrected chi connectivity index (χ3v) is 1.42. The summed E-state index contributed by atoms with van der Waals surface area (Å²) >= 11 is 0. The predicted octanol–water partition coefficient (Wildman–Crippen LogP) is 0.409. The second kappa shape index (κ2) is 4.31. The smallest absolute Gasteiger partial charge is 0.393 e. The Labute approximate surface area is 81.8 Å². The lowest BCUT2D eigenvalue weighted by molar-refractivity contribution is 0.375. The number of hydrogen-bond acceptors (Lipinski definition) is 6. The van der Waals surface area contributed by atoms with Crippen LogP contribution in [0.5, 0.6) is 0 Å². The fourth-order valence-corrected chi connectivity index (χ4v) is 0.815. The van der Waals surface area contributed by atoms with Crippen molar-refractivity contribution in [2.24, 2.45) is 0 Å². The molecule has 6 heteroatoms. The van der Waals surface area contributed by atoms with Crippen LogP contribution in [-0.2, 0) is 9.47 Å². The van der Waals surface area contributed by atoms with Gasteiger partial charge in [-0.3, -0.25) is 5.41 Å². The van der Waals surface area contributed by atoms with Gasteiger partial charge in [0.2, 0.25) is 5.76 Å². The summed E-state index contributed by atoms with van der Waals surface area (Å²) in [5.41, 5.74) is 0. The molecule has 1 fully saturated rings. The van der Waals surface area contributed by atoms with Gasteiger partial charge in [-0.25, -0.2) is 5.41 Å². The van der Waals surface area contributed by atoms with Crippen molar-refractivity contribution in [1.29, 1.82) is 10.8 Å². The van der Waals surface area contributed by atoms with Gasteiger partial charge in [-0.2, -0.15) is 0 Å². The molecule has 1 aliphatic heterocycles. The van der Waals surface area contributed by atoms with Crippen LogP contribution >= 0.6 is 0 Å². The van der Waals surface area contributed by atoms with Crippen molar-refractivity contribution >= 4 is 12.0 Å². The summed E-state index contributed by atoms with van der Waals surface area (Å²) in [5, 5.41) is 17.1. The number of nitrogens with one attached hydrogen (secondary N) is 3. The second-order valence-corrected chi connectivity index (χ2v) is 2.58. The zero-order valence-electron chi connectivity index (χ0n) is 8.00. The van der Waals surface area contributed by atoms with Gasteiger partial charge in [0, 0.05) is 26.5 Å². The predicted molar refractivity (Wildman–Crippen MR) is 51.7 cm³/mol. The first-order valence-electron chi connectivity index (χ1n) is 3.94. The Morgan fingerprint density at radius 2 is 2.07 bits per heavy atom. The Hall–Kier alpha value is -1.98. The summed E-state index contributed by atoms with van der Waals surface area (Å²) in [6.07, 6.45) is 4.65. The second-order valence-electron chi connectivity index (χ2n) is 2.58. The summed E-state index contributed by atoms with van der Waals surface area (Å²) in [7, 11) is 3.56. The van der Waals surface area contributed by atoms with Crippen LogP contribution in [0.25, 0.3) is 0 Å². The fourth-order valence-electron chi connectivity index (χ4n) is 0.815. The van der Waals surface area contributed by atoms with E-state index in [-0.39, 0.29) is 17.7 Å². The van der Waals surface area contributed by atoms with Gasteiger partial charge < -0.3 is 19.7 Å². The van der Waals surface area contributed by atoms with Crippen molar-refractivity contribution in [1.82, 2.24) is 10.2 Å². The molecule has 1 rings (SSSR count). The van der Waals surface area contributed by atoms with Crippen LogP contribution < -0.4 is 5.32 Å². The molecule has 0 atom stereocenters. The molecular formula is C8H12N4O2. The largest absolute Gasteiger partial charge is 0.404 e. The molecule has 0 aromatic carbocycles. The van der Waals surface area contributed by atoms with Crippen molar-refractivity contribution in [3.63, 3.8) is 0 Å². The molecule has 0 spiro atoms. The van der Waals surface area contributed by atoms with Gasteiger partial charge in [-0.15, -0.1) is 0 Å². The Bertz CT molecular complexity index is 308. The normalized spacial score (nSPS) is 18.6. The number of ether oxygens (including phenoxy) is 2. The molecule has 1 aliphatic rings. The molecule has 0 saturated carbocycles. The van der Waals surface area contributed by atoms with Crippen LogP contribution in [0.1, 0.15) is 0 Å². The third-order valence-electron chi connectivity index (χ3n) is 1.42. The zero-order chi connectivity index (χ0) is 10.6. The molecule has 0 aliphatic carbocycles. The average molecular weight is 196 g/mol. The number of nitrogens with zero attached hydrogens (tertiary/aromatic N) is 1. The van der Waals surface area contributed by atoms with E-state index in [1.165, 1.54) is 0 Å². The minimum atomic E-state index is -0.368. The van der Waals surface area contributed by atoms with Gasteiger partial charge in [-0.1, -0.05) is 0 Å². The molecule has 0 radical (unpaired) electrons. The number of rotatable bonds is 3.